The van der Waals surface area contributed by atoms with Gasteiger partial charge in [0.05, 0.1) is 11.1 Å². The molecule has 0 unspecified atom stereocenters. The van der Waals surface area contributed by atoms with Crippen LogP contribution in [0.15, 0.2) is 45.6 Å². The Balaban J connectivity index is 1.94. The number of phenols is 2. The van der Waals surface area contributed by atoms with Crippen LogP contribution in [-0.4, -0.2) is 51.1 Å². The number of hydrogen-bond donors (Lipinski definition) is 4. The number of rotatable bonds is 4. The Bertz CT molecular complexity index is 1340. The quantitative estimate of drug-likeness (QED) is 0.411. The fourth-order valence-electron chi connectivity index (χ4n) is 4.03. The molecule has 0 amide bonds. The second-order valence-corrected chi connectivity index (χ2v) is 9.11. The van der Waals surface area contributed by atoms with Gasteiger partial charge in [0, 0.05) is 38.5 Å². The highest BCUT2D eigenvalue weighted by molar-refractivity contribution is 7.46. The third-order valence-corrected chi connectivity index (χ3v) is 6.25. The van der Waals surface area contributed by atoms with Gasteiger partial charge >= 0.3 is 7.82 Å². The molecule has 1 aromatic heterocycles. The zero-order chi connectivity index (χ0) is 24.8. The Morgan fingerprint density at radius 1 is 1.25 bits per heavy atom. The summed E-state index contributed by atoms with van der Waals surface area (Å²) >= 11 is 6.25. The van der Waals surface area contributed by atoms with Crippen molar-refractivity contribution in [3.63, 3.8) is 0 Å². The van der Waals surface area contributed by atoms with Gasteiger partial charge in [-0.25, -0.2) is 4.57 Å². The zero-order valence-corrected chi connectivity index (χ0v) is 18.2. The van der Waals surface area contributed by atoms with Crippen molar-refractivity contribution in [1.82, 2.24) is 4.90 Å². The van der Waals surface area contributed by atoms with Crippen LogP contribution in [0.1, 0.15) is 20.6 Å². The predicted molar refractivity (Wildman–Crippen MR) is 118 cm³/mol. The van der Waals surface area contributed by atoms with Crippen molar-refractivity contribution in [2.75, 3.05) is 20.1 Å². The average molecular weight is 484 g/mol. The number of halogens is 1. The first-order chi connectivity index (χ1) is 16.0. The number of phosphoric ester groups is 1. The topological polar surface area (TPSA) is 141 Å². The number of nitrogens with zero attached hydrogens (tertiary/aromatic N) is 1. The molecule has 1 fully saturated rings. The molecule has 1 aliphatic heterocycles. The predicted octanol–water partition coefficient (Wildman–Crippen LogP) is 3.42. The number of piperidine rings is 1. The monoisotopic (exact) mass is 483 g/mol. The van der Waals surface area contributed by atoms with Gasteiger partial charge in [0.25, 0.3) is 0 Å². The van der Waals surface area contributed by atoms with E-state index in [-0.39, 0.29) is 41.8 Å². The molecule has 1 saturated heterocycles. The summed E-state index contributed by atoms with van der Waals surface area (Å²) in [6.45, 7) is -1.41. The Kier molecular flexibility index (Phi) is 5.38. The van der Waals surface area contributed by atoms with Crippen molar-refractivity contribution < 1.29 is 36.2 Å². The molecular weight excluding hydrogens is 461 g/mol. The Morgan fingerprint density at radius 3 is 2.69 bits per heavy atom. The summed E-state index contributed by atoms with van der Waals surface area (Å²) in [6, 6.07) is 8.71. The number of likely N-dealkylation sites (N-methyl/N-ethyl adjacent to an activating group) is 1. The number of benzene rings is 2. The molecule has 9 nitrogen and oxygen atoms in total. The van der Waals surface area contributed by atoms with Gasteiger partial charge in [0.1, 0.15) is 28.2 Å². The van der Waals surface area contributed by atoms with Crippen LogP contribution < -0.4 is 5.43 Å². The number of hydrogen-bond acceptors (Lipinski definition) is 7. The molecule has 4 N–H and O–H groups in total. The van der Waals surface area contributed by atoms with Gasteiger partial charge in [-0.15, -0.1) is 0 Å². The summed E-state index contributed by atoms with van der Waals surface area (Å²) in [7, 11) is -5.00. The fraction of sp³-hybridized carbons (Fsp3) is 0.286. The summed E-state index contributed by atoms with van der Waals surface area (Å²) in [6.07, 6.45) is -1.13. The van der Waals surface area contributed by atoms with Crippen LogP contribution in [0.2, 0.25) is 5.02 Å². The average Bonchev–Trinajstić information content (AvgIpc) is 2.73. The molecule has 4 rings (SSSR count). The maximum Gasteiger partial charge on any atom is 0.469 e. The van der Waals surface area contributed by atoms with Crippen molar-refractivity contribution in [2.45, 2.75) is 18.4 Å². The summed E-state index contributed by atoms with van der Waals surface area (Å²) in [5, 5.41) is 21.2. The van der Waals surface area contributed by atoms with Crippen LogP contribution in [0.3, 0.4) is 0 Å². The molecule has 32 heavy (non-hydrogen) atoms. The van der Waals surface area contributed by atoms with E-state index in [1.165, 1.54) is 4.90 Å². The molecule has 3 aromatic rings. The molecule has 0 radical (unpaired) electrons. The summed E-state index contributed by atoms with van der Waals surface area (Å²) in [4.78, 5) is 33.2. The molecule has 0 spiro atoms. The minimum absolute atomic E-state index is 0.0171. The van der Waals surface area contributed by atoms with E-state index >= 15 is 0 Å². The highest BCUT2D eigenvalue weighted by Gasteiger charge is 2.38. The van der Waals surface area contributed by atoms with Gasteiger partial charge in [0.2, 0.25) is 0 Å². The van der Waals surface area contributed by atoms with Gasteiger partial charge in [0.15, 0.2) is 5.43 Å². The molecule has 2 aromatic carbocycles. The third kappa shape index (κ3) is 4.41. The van der Waals surface area contributed by atoms with Crippen LogP contribution in [0, 0.1) is 0 Å². The van der Waals surface area contributed by atoms with E-state index in [0.29, 0.717) is 10.6 Å². The highest BCUT2D eigenvalue weighted by atomic mass is 35.5. The lowest BCUT2D eigenvalue weighted by Crippen LogP contribution is -2.41. The largest absolute Gasteiger partial charge is 0.507 e. The molecular formula is C21H21ClNO8P. The van der Waals surface area contributed by atoms with E-state index in [4.69, 9.17) is 23.3 Å². The molecule has 0 bridgehead atoms. The molecule has 11 heteroatoms. The van der Waals surface area contributed by atoms with E-state index < -0.39 is 43.8 Å². The van der Waals surface area contributed by atoms with Crippen LogP contribution in [0.5, 0.6) is 11.5 Å². The Labute approximate surface area is 190 Å². The molecule has 1 aliphatic rings. The summed E-state index contributed by atoms with van der Waals surface area (Å²) in [5.74, 6) is -1.82. The number of likely N-dealkylation sites (tertiary alicyclic amines) is 1. The van der Waals surface area contributed by atoms with E-state index in [9.17, 15) is 29.4 Å². The van der Waals surface area contributed by atoms with Crippen molar-refractivity contribution in [3.05, 3.63) is 57.2 Å². The number of phenolic OH excluding ortho intramolecular Hbond substituents is 2. The lowest BCUT2D eigenvalue weighted by molar-refractivity contribution is 0.0544. The first-order valence-corrected chi connectivity index (χ1v) is 11.5. The number of fused-ring (bicyclic) bond motifs is 1. The normalized spacial score (nSPS) is 21.0. The summed E-state index contributed by atoms with van der Waals surface area (Å²) in [5.41, 5.74) is -0.382. The second-order valence-electron chi connectivity index (χ2n) is 7.51. The first kappa shape index (κ1) is 20.2. The minimum Gasteiger partial charge on any atom is -0.507 e. The Hall–Kier alpha value is -2.39. The molecule has 170 valence electrons. The third-order valence-electron chi connectivity index (χ3n) is 5.37. The zero-order valence-electron chi connectivity index (χ0n) is 18.5. The second kappa shape index (κ2) is 8.51. The molecule has 0 aliphatic carbocycles. The smallest absolute Gasteiger partial charge is 0.469 e. The molecule has 2 atom stereocenters. The van der Waals surface area contributed by atoms with Crippen LogP contribution in [0.25, 0.3) is 22.3 Å². The van der Waals surface area contributed by atoms with Crippen LogP contribution in [0.4, 0.5) is 0 Å². The summed E-state index contributed by atoms with van der Waals surface area (Å²) < 4.78 is 37.8. The lowest BCUT2D eigenvalue weighted by Gasteiger charge is -2.36. The molecule has 0 saturated carbocycles. The van der Waals surface area contributed by atoms with E-state index in [2.05, 4.69) is 0 Å². The standard InChI is InChI=1S/C21H21ClNO8P/c1-23-7-6-12(18(10-23)31-32(27,28)29)19-14(24)8-15(25)20-16(26)9-17(30-21(19)20)11-4-2-3-5-13(11)22/h2-5,8-9,12,18,24-25H,6-7,10H2,1H3,(H2,27,28,29)/t12-,18+/m0/s1/i1D2. The van der Waals surface area contributed by atoms with Crippen molar-refractivity contribution >= 4 is 30.4 Å². The lowest BCUT2D eigenvalue weighted by atomic mass is 9.85. The van der Waals surface area contributed by atoms with E-state index in [1.54, 1.807) is 24.3 Å². The highest BCUT2D eigenvalue weighted by Crippen LogP contribution is 2.47. The van der Waals surface area contributed by atoms with E-state index in [1.807, 2.05) is 0 Å². The van der Waals surface area contributed by atoms with Crippen LogP contribution in [-0.2, 0) is 9.09 Å². The molecule has 2 heterocycles. The maximum absolute atomic E-state index is 12.9. The van der Waals surface area contributed by atoms with Crippen molar-refractivity contribution in [2.24, 2.45) is 0 Å². The minimum atomic E-state index is -5.00. The van der Waals surface area contributed by atoms with Gasteiger partial charge in [-0.05, 0) is 32.1 Å². The van der Waals surface area contributed by atoms with Gasteiger partial charge in [-0.2, -0.15) is 0 Å². The van der Waals surface area contributed by atoms with Gasteiger partial charge in [-0.3, -0.25) is 9.32 Å². The number of phosphoric acid groups is 1. The Morgan fingerprint density at radius 2 is 2.00 bits per heavy atom. The van der Waals surface area contributed by atoms with Crippen LogP contribution >= 0.6 is 19.4 Å². The van der Waals surface area contributed by atoms with Gasteiger partial charge < -0.3 is 29.3 Å². The SMILES string of the molecule is [2H]C([2H])N1CC[C@H](c2c(O)cc(O)c3c(=O)cc(-c4ccccc4Cl)oc23)[C@H](OP(=O)(O)O)C1. The number of aromatic hydroxyl groups is 2. The van der Waals surface area contributed by atoms with Crippen molar-refractivity contribution in [3.8, 4) is 22.8 Å². The van der Waals surface area contributed by atoms with Crippen molar-refractivity contribution in [1.29, 1.82) is 0 Å². The van der Waals surface area contributed by atoms with E-state index in [0.717, 1.165) is 12.1 Å². The first-order valence-electron chi connectivity index (χ1n) is 10.7. The fourth-order valence-corrected chi connectivity index (χ4v) is 4.82. The van der Waals surface area contributed by atoms with Gasteiger partial charge in [-0.1, -0.05) is 23.7 Å². The maximum atomic E-state index is 12.9.